The molecule has 3 aromatic carbocycles. The molecule has 3 fully saturated rings. The summed E-state index contributed by atoms with van der Waals surface area (Å²) in [7, 11) is 1.88. The van der Waals surface area contributed by atoms with Crippen LogP contribution < -0.4 is 5.32 Å². The summed E-state index contributed by atoms with van der Waals surface area (Å²) in [5.41, 5.74) is -0.501. The molecular weight excluding hydrogens is 562 g/mol. The highest BCUT2D eigenvalue weighted by Crippen LogP contribution is 2.68. The number of nitro groups is 1. The molecule has 8 nitrogen and oxygen atoms in total. The first-order chi connectivity index (χ1) is 20.2. The number of carbonyl (C=O) groups is 2. The van der Waals surface area contributed by atoms with Gasteiger partial charge in [-0.2, -0.15) is 0 Å². The Labute approximate surface area is 244 Å². The van der Waals surface area contributed by atoms with Crippen molar-refractivity contribution in [2.45, 2.75) is 17.5 Å². The van der Waals surface area contributed by atoms with Crippen LogP contribution in [0.5, 0.6) is 0 Å². The lowest BCUT2D eigenvalue weighted by atomic mass is 9.55. The van der Waals surface area contributed by atoms with Gasteiger partial charge in [-0.25, -0.2) is 8.78 Å². The first kappa shape index (κ1) is 26.9. The Morgan fingerprint density at radius 2 is 1.74 bits per heavy atom. The third-order valence-electron chi connectivity index (χ3n) is 9.19. The number of non-ortho nitro benzene ring substituents is 1. The molecule has 214 valence electrons. The van der Waals surface area contributed by atoms with Gasteiger partial charge in [-0.05, 0) is 54.6 Å². The van der Waals surface area contributed by atoms with Gasteiger partial charge in [0.05, 0.1) is 10.3 Å². The van der Waals surface area contributed by atoms with Crippen molar-refractivity contribution in [2.24, 2.45) is 5.41 Å². The van der Waals surface area contributed by atoms with Crippen LogP contribution in [0.1, 0.15) is 22.6 Å². The van der Waals surface area contributed by atoms with Gasteiger partial charge in [-0.3, -0.25) is 24.6 Å². The Bertz CT molecular complexity index is 1680. The fourth-order valence-electron chi connectivity index (χ4n) is 7.78. The molecule has 4 atom stereocenters. The van der Waals surface area contributed by atoms with E-state index in [2.05, 4.69) is 5.32 Å². The molecule has 4 heterocycles. The lowest BCUT2D eigenvalue weighted by Crippen LogP contribution is -2.65. The molecule has 0 bridgehead atoms. The van der Waals surface area contributed by atoms with Crippen LogP contribution in [0.4, 0.5) is 20.2 Å². The number of nitrogens with one attached hydrogen (secondary N) is 1. The number of nitro benzene ring substituents is 1. The Morgan fingerprint density at radius 3 is 2.43 bits per heavy atom. The van der Waals surface area contributed by atoms with E-state index in [-0.39, 0.29) is 24.1 Å². The number of carbonyl (C=O) groups excluding carboxylic acids is 2. The van der Waals surface area contributed by atoms with Gasteiger partial charge in [0.25, 0.3) is 11.6 Å². The number of benzene rings is 3. The van der Waals surface area contributed by atoms with Gasteiger partial charge < -0.3 is 10.2 Å². The summed E-state index contributed by atoms with van der Waals surface area (Å²) in [5, 5.41) is 14.9. The van der Waals surface area contributed by atoms with Gasteiger partial charge in [0, 0.05) is 65.6 Å². The average molecular weight is 589 g/mol. The summed E-state index contributed by atoms with van der Waals surface area (Å²) >= 11 is 1.63. The second-order valence-electron chi connectivity index (χ2n) is 11.4. The highest BCUT2D eigenvalue weighted by molar-refractivity contribution is 7.99. The number of anilines is 1. The van der Waals surface area contributed by atoms with Crippen LogP contribution in [0.15, 0.2) is 72.3 Å². The molecule has 0 saturated carbocycles. The number of likely N-dealkylation sites (N-methyl/N-ethyl adjacent to an activating group) is 1. The van der Waals surface area contributed by atoms with Gasteiger partial charge in [-0.15, -0.1) is 11.8 Å². The SMILES string of the molecule is CN1C/C(=C\c2ccc(F)cc2)C(=O)[C@]2(C1)[C@H](c1ccc(F)cc1)[C@@H]1CSCN1[C@@]21C(=O)Nc2ccc([N+](=O)[O-])cc21. The number of hydrogen-bond donors (Lipinski definition) is 1. The first-order valence-electron chi connectivity index (χ1n) is 13.6. The van der Waals surface area contributed by atoms with Crippen molar-refractivity contribution in [1.29, 1.82) is 0 Å². The number of nitrogens with zero attached hydrogens (tertiary/aromatic N) is 3. The maximum absolute atomic E-state index is 15.2. The van der Waals surface area contributed by atoms with E-state index in [1.807, 2.05) is 16.8 Å². The summed E-state index contributed by atoms with van der Waals surface area (Å²) in [4.78, 5) is 45.2. The van der Waals surface area contributed by atoms with Crippen molar-refractivity contribution in [3.8, 4) is 0 Å². The van der Waals surface area contributed by atoms with Crippen LogP contribution >= 0.6 is 11.8 Å². The molecule has 1 amide bonds. The third kappa shape index (κ3) is 3.60. The minimum atomic E-state index is -1.56. The lowest BCUT2D eigenvalue weighted by molar-refractivity contribution is -0.385. The van der Waals surface area contributed by atoms with Gasteiger partial charge in [0.2, 0.25) is 0 Å². The number of amides is 1. The zero-order valence-corrected chi connectivity index (χ0v) is 23.4. The van der Waals surface area contributed by atoms with Gasteiger partial charge in [0.1, 0.15) is 17.2 Å². The topological polar surface area (TPSA) is 95.8 Å². The van der Waals surface area contributed by atoms with Gasteiger partial charge in [-0.1, -0.05) is 24.3 Å². The summed E-state index contributed by atoms with van der Waals surface area (Å²) in [6, 6.07) is 15.9. The van der Waals surface area contributed by atoms with Crippen LogP contribution in [0, 0.1) is 27.2 Å². The average Bonchev–Trinajstić information content (AvgIpc) is 3.61. The number of piperidine rings is 1. The Morgan fingerprint density at radius 1 is 1.05 bits per heavy atom. The van der Waals surface area contributed by atoms with Crippen LogP contribution in [0.3, 0.4) is 0 Å². The number of hydrogen-bond acceptors (Lipinski definition) is 7. The van der Waals surface area contributed by atoms with E-state index in [1.165, 1.54) is 42.5 Å². The van der Waals surface area contributed by atoms with E-state index in [0.29, 0.717) is 40.6 Å². The molecule has 0 aliphatic carbocycles. The van der Waals surface area contributed by atoms with E-state index in [9.17, 15) is 23.7 Å². The van der Waals surface area contributed by atoms with Crippen molar-refractivity contribution >= 4 is 40.9 Å². The van der Waals surface area contributed by atoms with Crippen molar-refractivity contribution < 1.29 is 23.3 Å². The molecule has 1 N–H and O–H groups in total. The van der Waals surface area contributed by atoms with E-state index < -0.39 is 39.3 Å². The predicted octanol–water partition coefficient (Wildman–Crippen LogP) is 4.78. The molecule has 11 heteroatoms. The van der Waals surface area contributed by atoms with Crippen LogP contribution in [0.25, 0.3) is 6.08 Å². The number of Topliss-reactive ketones (excluding diaryl/α,β-unsaturated/α-hetero) is 1. The Hall–Kier alpha value is -3.93. The lowest BCUT2D eigenvalue weighted by Gasteiger charge is -2.51. The molecule has 2 spiro atoms. The minimum Gasteiger partial charge on any atom is -0.324 e. The molecule has 42 heavy (non-hydrogen) atoms. The zero-order chi connectivity index (χ0) is 29.4. The molecule has 3 saturated heterocycles. The van der Waals surface area contributed by atoms with Crippen LogP contribution in [-0.2, 0) is 15.1 Å². The van der Waals surface area contributed by atoms with Crippen LogP contribution in [0.2, 0.25) is 0 Å². The highest BCUT2D eigenvalue weighted by Gasteiger charge is 2.78. The molecular formula is C31H26F2N4O4S. The maximum Gasteiger partial charge on any atom is 0.269 e. The Balaban J connectivity index is 1.54. The van der Waals surface area contributed by atoms with Crippen molar-refractivity contribution in [1.82, 2.24) is 9.80 Å². The largest absolute Gasteiger partial charge is 0.324 e. The quantitative estimate of drug-likeness (QED) is 0.267. The summed E-state index contributed by atoms with van der Waals surface area (Å²) < 4.78 is 27.9. The number of rotatable bonds is 3. The van der Waals surface area contributed by atoms with Crippen molar-refractivity contribution in [3.05, 3.63) is 111 Å². The summed E-state index contributed by atoms with van der Waals surface area (Å²) in [5.74, 6) is -0.929. The van der Waals surface area contributed by atoms with Crippen molar-refractivity contribution in [3.63, 3.8) is 0 Å². The molecule has 4 aliphatic rings. The summed E-state index contributed by atoms with van der Waals surface area (Å²) in [6.07, 6.45) is 1.73. The van der Waals surface area contributed by atoms with E-state index in [0.717, 1.165) is 5.56 Å². The summed E-state index contributed by atoms with van der Waals surface area (Å²) in [6.45, 7) is 0.495. The maximum atomic E-state index is 15.2. The smallest absolute Gasteiger partial charge is 0.269 e. The third-order valence-corrected chi connectivity index (χ3v) is 10.2. The fourth-order valence-corrected chi connectivity index (χ4v) is 9.08. The second kappa shape index (κ2) is 9.55. The monoisotopic (exact) mass is 588 g/mol. The first-order valence-corrected chi connectivity index (χ1v) is 14.7. The van der Waals surface area contributed by atoms with Crippen LogP contribution in [-0.4, -0.2) is 64.2 Å². The standard InChI is InChI=1S/C31H26F2N4O4S/c1-35-14-20(12-18-2-6-21(32)7-3-18)28(38)30(16-35)27(19-4-8-22(33)9-5-19)26-15-42-17-36(26)31(30)24-13-23(37(40)41)10-11-25(24)34-29(31)39/h2-13,26-27H,14-17H2,1H3,(H,34,39)/b20-12+/t26-,27+,30-,31-/m0/s1. The predicted molar refractivity (Wildman–Crippen MR) is 155 cm³/mol. The second-order valence-corrected chi connectivity index (χ2v) is 12.4. The van der Waals surface area contributed by atoms with Gasteiger partial charge in [0.15, 0.2) is 5.78 Å². The minimum absolute atomic E-state index is 0.174. The number of ketones is 1. The fraction of sp³-hybridized carbons (Fsp3) is 0.290. The van der Waals surface area contributed by atoms with E-state index >= 15 is 4.79 Å². The number of likely N-dealkylation sites (tertiary alicyclic amines) is 1. The van der Waals surface area contributed by atoms with Crippen molar-refractivity contribution in [2.75, 3.05) is 37.1 Å². The zero-order valence-electron chi connectivity index (χ0n) is 22.6. The van der Waals surface area contributed by atoms with E-state index in [1.54, 1.807) is 42.1 Å². The van der Waals surface area contributed by atoms with Gasteiger partial charge >= 0.3 is 0 Å². The highest BCUT2D eigenvalue weighted by atomic mass is 32.2. The number of fused-ring (bicyclic) bond motifs is 5. The normalized spacial score (nSPS) is 29.8. The molecule has 4 aliphatic heterocycles. The molecule has 3 aromatic rings. The molecule has 7 rings (SSSR count). The molecule has 0 unspecified atom stereocenters. The number of thioether (sulfide) groups is 1. The Kier molecular flexibility index (Phi) is 6.12. The van der Waals surface area contributed by atoms with E-state index in [4.69, 9.17) is 0 Å². The molecule has 0 radical (unpaired) electrons. The number of halogens is 2. The molecule has 0 aromatic heterocycles.